The Labute approximate surface area is 465 Å². The first kappa shape index (κ1) is 73.2. The van der Waals surface area contributed by atoms with Gasteiger partial charge in [-0.15, -0.1) is 0 Å². The van der Waals surface area contributed by atoms with E-state index in [0.29, 0.717) is 19.3 Å². The van der Waals surface area contributed by atoms with Gasteiger partial charge in [-0.1, -0.05) is 248 Å². The highest BCUT2D eigenvalue weighted by molar-refractivity contribution is 7.47. The second kappa shape index (κ2) is 58.3. The molecule has 0 spiro atoms. The quantitative estimate of drug-likeness (QED) is 0.0197. The summed E-state index contributed by atoms with van der Waals surface area (Å²) in [6, 6.07) is 0. The molecule has 12 heteroatoms. The van der Waals surface area contributed by atoms with Crippen molar-refractivity contribution in [2.24, 2.45) is 0 Å². The summed E-state index contributed by atoms with van der Waals surface area (Å²) in [7, 11) is -4.76. The number of unbranched alkanes of at least 4 members (excludes halogenated alkanes) is 31. The van der Waals surface area contributed by atoms with Gasteiger partial charge in [-0.2, -0.15) is 0 Å². The molecule has 0 bridgehead atoms. The van der Waals surface area contributed by atoms with Gasteiger partial charge in [-0.3, -0.25) is 23.4 Å². The van der Waals surface area contributed by atoms with Crippen LogP contribution >= 0.6 is 7.82 Å². The van der Waals surface area contributed by atoms with E-state index in [0.717, 1.165) is 96.3 Å². The van der Waals surface area contributed by atoms with Crippen molar-refractivity contribution in [1.82, 2.24) is 0 Å². The number of ether oxygens (including phenoxy) is 3. The maximum absolute atomic E-state index is 12.9. The molecule has 2 N–H and O–H groups in total. The fourth-order valence-corrected chi connectivity index (χ4v) is 9.48. The van der Waals surface area contributed by atoms with Crippen molar-refractivity contribution < 1.29 is 52.2 Å². The molecule has 76 heavy (non-hydrogen) atoms. The van der Waals surface area contributed by atoms with E-state index >= 15 is 0 Å². The first-order chi connectivity index (χ1) is 37.2. The third kappa shape index (κ3) is 55.9. The molecule has 0 heterocycles. The predicted molar refractivity (Wildman–Crippen MR) is 316 cm³/mol. The standard InChI is InChI=1S/C64H115O11P/c1-4-7-10-13-16-19-22-25-28-29-30-31-34-37-40-43-46-49-52-55-64(68)75-61(57-71-62(66)53-50-47-44-41-38-35-32-26-23-20-17-14-11-8-5-2)59-73-76(69,70)72-58-60(56-65)74-63(67)54-51-48-45-42-39-36-33-27-24-21-18-15-12-9-6-3/h9,12,18,21,26-27,32-33,39,42,60-61,65H,4-8,10-11,13-17,19-20,22-25,28-31,34-38,40-41,43-59H2,1-3H3,(H,69,70)/b12-9-,21-18-,32-26-,33-27-,42-39-. The third-order valence-electron chi connectivity index (χ3n) is 13.4. The molecule has 3 atom stereocenters. The fraction of sp³-hybridized carbons (Fsp3) is 0.797. The largest absolute Gasteiger partial charge is 0.472 e. The van der Waals surface area contributed by atoms with Crippen LogP contribution in [0.5, 0.6) is 0 Å². The minimum absolute atomic E-state index is 0.125. The highest BCUT2D eigenvalue weighted by Gasteiger charge is 2.28. The molecular weight excluding hydrogens is 976 g/mol. The highest BCUT2D eigenvalue weighted by Crippen LogP contribution is 2.43. The van der Waals surface area contributed by atoms with E-state index in [1.165, 1.54) is 135 Å². The van der Waals surface area contributed by atoms with Gasteiger partial charge >= 0.3 is 25.7 Å². The molecule has 0 aliphatic rings. The summed E-state index contributed by atoms with van der Waals surface area (Å²) < 4.78 is 39.6. The number of allylic oxidation sites excluding steroid dienone is 10. The second-order valence-corrected chi connectivity index (χ2v) is 22.3. The lowest BCUT2D eigenvalue weighted by Gasteiger charge is -2.21. The van der Waals surface area contributed by atoms with Crippen LogP contribution in [0.25, 0.3) is 0 Å². The van der Waals surface area contributed by atoms with Gasteiger partial charge in [0, 0.05) is 19.3 Å². The van der Waals surface area contributed by atoms with E-state index in [1.54, 1.807) is 0 Å². The molecule has 0 saturated heterocycles. The maximum atomic E-state index is 12.9. The number of carbonyl (C=O) groups is 3. The SMILES string of the molecule is CC/C=C\C/C=C\C/C=C\C/C=C\CCCCC(=O)OC(CO)COP(=O)(O)OCC(COC(=O)CCCCCCC/C=C\CCCCCCCC)OC(=O)CCCCCCCCCCCCCCCCCCCCC. The molecule has 0 aromatic heterocycles. The van der Waals surface area contributed by atoms with Crippen molar-refractivity contribution in [1.29, 1.82) is 0 Å². The van der Waals surface area contributed by atoms with E-state index < -0.39 is 57.8 Å². The van der Waals surface area contributed by atoms with Crippen LogP contribution in [0.2, 0.25) is 0 Å². The van der Waals surface area contributed by atoms with Gasteiger partial charge in [0.25, 0.3) is 0 Å². The van der Waals surface area contributed by atoms with E-state index in [9.17, 15) is 28.9 Å². The number of aliphatic hydroxyl groups is 1. The van der Waals surface area contributed by atoms with Crippen LogP contribution in [-0.2, 0) is 42.2 Å². The van der Waals surface area contributed by atoms with Crippen LogP contribution in [0.3, 0.4) is 0 Å². The van der Waals surface area contributed by atoms with Crippen LogP contribution in [-0.4, -0.2) is 66.5 Å². The molecule has 0 fully saturated rings. The highest BCUT2D eigenvalue weighted by atomic mass is 31.2. The Balaban J connectivity index is 4.72. The van der Waals surface area contributed by atoms with Crippen molar-refractivity contribution in [3.63, 3.8) is 0 Å². The zero-order valence-electron chi connectivity index (χ0n) is 49.0. The Hall–Kier alpha value is -2.82. The zero-order valence-corrected chi connectivity index (χ0v) is 49.9. The number of aliphatic hydroxyl groups excluding tert-OH is 1. The molecule has 0 aliphatic carbocycles. The monoisotopic (exact) mass is 1090 g/mol. The van der Waals surface area contributed by atoms with Gasteiger partial charge in [0.2, 0.25) is 0 Å². The average molecular weight is 1090 g/mol. The number of phosphoric ester groups is 1. The average Bonchev–Trinajstić information content (AvgIpc) is 3.41. The van der Waals surface area contributed by atoms with Crippen molar-refractivity contribution >= 4 is 25.7 Å². The van der Waals surface area contributed by atoms with Gasteiger partial charge in [-0.25, -0.2) is 4.57 Å². The van der Waals surface area contributed by atoms with Gasteiger partial charge in [0.15, 0.2) is 6.10 Å². The number of hydrogen-bond acceptors (Lipinski definition) is 10. The van der Waals surface area contributed by atoms with Crippen LogP contribution in [0.1, 0.15) is 290 Å². The van der Waals surface area contributed by atoms with Gasteiger partial charge < -0.3 is 24.2 Å². The van der Waals surface area contributed by atoms with Crippen LogP contribution in [0.4, 0.5) is 0 Å². The number of hydrogen-bond donors (Lipinski definition) is 2. The second-order valence-electron chi connectivity index (χ2n) is 20.8. The molecule has 0 aliphatic heterocycles. The van der Waals surface area contributed by atoms with E-state index in [2.05, 4.69) is 81.5 Å². The molecule has 0 saturated carbocycles. The lowest BCUT2D eigenvalue weighted by atomic mass is 10.0. The van der Waals surface area contributed by atoms with Crippen molar-refractivity contribution in [2.45, 2.75) is 303 Å². The summed E-state index contributed by atoms with van der Waals surface area (Å²) >= 11 is 0. The number of esters is 3. The Morgan fingerprint density at radius 2 is 0.684 bits per heavy atom. The molecular formula is C64H115O11P. The number of carbonyl (C=O) groups excluding carboxylic acids is 3. The van der Waals surface area contributed by atoms with Gasteiger partial charge in [0.05, 0.1) is 19.8 Å². The number of phosphoric acid groups is 1. The Bertz CT molecular complexity index is 1510. The normalized spacial score (nSPS) is 13.7. The molecule has 0 rings (SSSR count). The molecule has 0 aromatic carbocycles. The Kier molecular flexibility index (Phi) is 56.2. The van der Waals surface area contributed by atoms with Gasteiger partial charge in [0.1, 0.15) is 12.7 Å². The van der Waals surface area contributed by atoms with Crippen molar-refractivity contribution in [3.8, 4) is 0 Å². The first-order valence-corrected chi connectivity index (χ1v) is 32.7. The summed E-state index contributed by atoms with van der Waals surface area (Å²) in [5.74, 6) is -1.50. The summed E-state index contributed by atoms with van der Waals surface area (Å²) in [5, 5.41) is 9.82. The lowest BCUT2D eigenvalue weighted by Crippen LogP contribution is -2.30. The molecule has 442 valence electrons. The summed E-state index contributed by atoms with van der Waals surface area (Å²) in [4.78, 5) is 48.6. The van der Waals surface area contributed by atoms with E-state index in [4.69, 9.17) is 23.3 Å². The van der Waals surface area contributed by atoms with Crippen LogP contribution < -0.4 is 0 Å². The lowest BCUT2D eigenvalue weighted by molar-refractivity contribution is -0.161. The number of rotatable bonds is 58. The van der Waals surface area contributed by atoms with Gasteiger partial charge in [-0.05, 0) is 83.5 Å². The maximum Gasteiger partial charge on any atom is 0.472 e. The van der Waals surface area contributed by atoms with E-state index in [-0.39, 0.29) is 25.9 Å². The minimum Gasteiger partial charge on any atom is -0.462 e. The Morgan fingerprint density at radius 3 is 1.09 bits per heavy atom. The van der Waals surface area contributed by atoms with Crippen molar-refractivity contribution in [3.05, 3.63) is 60.8 Å². The predicted octanol–water partition coefficient (Wildman–Crippen LogP) is 18.7. The smallest absolute Gasteiger partial charge is 0.462 e. The summed E-state index contributed by atoms with van der Waals surface area (Å²) in [6.45, 7) is 4.52. The Morgan fingerprint density at radius 1 is 0.382 bits per heavy atom. The minimum atomic E-state index is -4.76. The van der Waals surface area contributed by atoms with Crippen LogP contribution in [0.15, 0.2) is 60.8 Å². The van der Waals surface area contributed by atoms with Crippen molar-refractivity contribution in [2.75, 3.05) is 26.4 Å². The molecule has 0 radical (unpaired) electrons. The molecule has 0 aromatic rings. The first-order valence-electron chi connectivity index (χ1n) is 31.2. The summed E-state index contributed by atoms with van der Waals surface area (Å²) in [5.41, 5.74) is 0. The third-order valence-corrected chi connectivity index (χ3v) is 14.4. The molecule has 11 nitrogen and oxygen atoms in total. The zero-order chi connectivity index (χ0) is 55.5. The van der Waals surface area contributed by atoms with E-state index in [1.807, 2.05) is 0 Å². The molecule has 3 unspecified atom stereocenters. The van der Waals surface area contributed by atoms with Crippen LogP contribution in [0, 0.1) is 0 Å². The molecule has 0 amide bonds. The summed E-state index contributed by atoms with van der Waals surface area (Å²) in [6.07, 6.45) is 64.7. The fourth-order valence-electron chi connectivity index (χ4n) is 8.70. The topological polar surface area (TPSA) is 155 Å².